The highest BCUT2D eigenvalue weighted by molar-refractivity contribution is 5.82. The van der Waals surface area contributed by atoms with Crippen LogP contribution in [0.4, 0.5) is 0 Å². The number of amides is 1. The van der Waals surface area contributed by atoms with Crippen LogP contribution in [0.1, 0.15) is 30.9 Å². The molecule has 2 unspecified atom stereocenters. The van der Waals surface area contributed by atoms with E-state index in [1.54, 1.807) is 0 Å². The molecule has 3 N–H and O–H groups in total. The third kappa shape index (κ3) is 5.85. The van der Waals surface area contributed by atoms with Gasteiger partial charge in [0.15, 0.2) is 0 Å². The molecule has 0 radical (unpaired) electrons. The number of aryl methyl sites for hydroxylation is 1. The fraction of sp³-hybridized carbons (Fsp3) is 0.529. The Morgan fingerprint density at radius 1 is 1.36 bits per heavy atom. The average molecular weight is 306 g/mol. The molecule has 0 spiro atoms. The van der Waals surface area contributed by atoms with Crippen molar-refractivity contribution in [3.05, 3.63) is 35.4 Å². The van der Waals surface area contributed by atoms with Gasteiger partial charge in [-0.25, -0.2) is 0 Å². The molecule has 0 fully saturated rings. The highest BCUT2D eigenvalue weighted by atomic mass is 16.5. The molecule has 5 nitrogen and oxygen atoms in total. The fourth-order valence-corrected chi connectivity index (χ4v) is 2.33. The Bertz CT molecular complexity index is 502. The van der Waals surface area contributed by atoms with Crippen LogP contribution in [-0.4, -0.2) is 31.6 Å². The molecular formula is C17H26N2O3. The van der Waals surface area contributed by atoms with Gasteiger partial charge in [0.2, 0.25) is 5.91 Å². The standard InChI is InChI=1S/C17H26N2O3/c1-4-6-15(18)16(20)19-11-14(17(21)22-3)10-13-8-5-7-12(2)9-13/h5,7-9,14-15H,4,6,10-11,18H2,1-3H3,(H,19,20). The Hall–Kier alpha value is -1.88. The van der Waals surface area contributed by atoms with E-state index in [0.29, 0.717) is 12.8 Å². The third-order valence-corrected chi connectivity index (χ3v) is 3.56. The Morgan fingerprint density at radius 2 is 2.09 bits per heavy atom. The van der Waals surface area contributed by atoms with Crippen molar-refractivity contribution in [2.45, 2.75) is 39.2 Å². The zero-order valence-electron chi connectivity index (χ0n) is 13.6. The number of rotatable bonds is 8. The van der Waals surface area contributed by atoms with Crippen LogP contribution in [0.15, 0.2) is 24.3 Å². The molecule has 0 aliphatic carbocycles. The normalized spacial score (nSPS) is 13.3. The van der Waals surface area contributed by atoms with Gasteiger partial charge in [0.25, 0.3) is 0 Å². The molecule has 1 rings (SSSR count). The second kappa shape index (κ2) is 9.20. The predicted molar refractivity (Wildman–Crippen MR) is 86.3 cm³/mol. The van der Waals surface area contributed by atoms with E-state index in [1.165, 1.54) is 7.11 Å². The van der Waals surface area contributed by atoms with Crippen molar-refractivity contribution in [1.29, 1.82) is 0 Å². The summed E-state index contributed by atoms with van der Waals surface area (Å²) in [4.78, 5) is 23.8. The van der Waals surface area contributed by atoms with E-state index in [1.807, 2.05) is 38.1 Å². The molecule has 0 saturated heterocycles. The van der Waals surface area contributed by atoms with Crippen molar-refractivity contribution in [2.75, 3.05) is 13.7 Å². The van der Waals surface area contributed by atoms with Crippen LogP contribution in [0.5, 0.6) is 0 Å². The second-order valence-corrected chi connectivity index (χ2v) is 5.55. The lowest BCUT2D eigenvalue weighted by Crippen LogP contribution is -2.43. The van der Waals surface area contributed by atoms with E-state index in [2.05, 4.69) is 5.32 Å². The molecule has 0 bridgehead atoms. The summed E-state index contributed by atoms with van der Waals surface area (Å²) >= 11 is 0. The monoisotopic (exact) mass is 306 g/mol. The van der Waals surface area contributed by atoms with Gasteiger partial charge in [-0.1, -0.05) is 43.2 Å². The Labute approximate surface area is 132 Å². The largest absolute Gasteiger partial charge is 0.469 e. The van der Waals surface area contributed by atoms with Gasteiger partial charge >= 0.3 is 5.97 Å². The van der Waals surface area contributed by atoms with E-state index >= 15 is 0 Å². The number of ether oxygens (including phenoxy) is 1. The van der Waals surface area contributed by atoms with Gasteiger partial charge < -0.3 is 15.8 Å². The molecule has 0 aromatic heterocycles. The fourth-order valence-electron chi connectivity index (χ4n) is 2.33. The van der Waals surface area contributed by atoms with Crippen LogP contribution < -0.4 is 11.1 Å². The molecular weight excluding hydrogens is 280 g/mol. The molecule has 0 heterocycles. The van der Waals surface area contributed by atoms with Crippen molar-refractivity contribution < 1.29 is 14.3 Å². The molecule has 0 aliphatic rings. The first-order valence-electron chi connectivity index (χ1n) is 7.64. The number of nitrogens with two attached hydrogens (primary N) is 1. The average Bonchev–Trinajstić information content (AvgIpc) is 2.50. The van der Waals surface area contributed by atoms with Crippen LogP contribution in [-0.2, 0) is 20.7 Å². The number of esters is 1. The SMILES string of the molecule is CCCC(N)C(=O)NCC(Cc1cccc(C)c1)C(=O)OC. The molecule has 2 atom stereocenters. The zero-order chi connectivity index (χ0) is 16.5. The molecule has 0 aliphatic heterocycles. The number of hydrogen-bond donors (Lipinski definition) is 2. The maximum absolute atomic E-state index is 11.9. The summed E-state index contributed by atoms with van der Waals surface area (Å²) in [5.41, 5.74) is 7.95. The molecule has 1 aromatic rings. The van der Waals surface area contributed by atoms with Crippen molar-refractivity contribution in [3.63, 3.8) is 0 Å². The summed E-state index contributed by atoms with van der Waals surface area (Å²) < 4.78 is 4.83. The summed E-state index contributed by atoms with van der Waals surface area (Å²) in [5.74, 6) is -0.963. The first-order chi connectivity index (χ1) is 10.5. The van der Waals surface area contributed by atoms with E-state index in [9.17, 15) is 9.59 Å². The third-order valence-electron chi connectivity index (χ3n) is 3.56. The smallest absolute Gasteiger partial charge is 0.310 e. The van der Waals surface area contributed by atoms with E-state index < -0.39 is 12.0 Å². The summed E-state index contributed by atoms with van der Waals surface area (Å²) in [6.07, 6.45) is 2.00. The Morgan fingerprint density at radius 3 is 2.68 bits per heavy atom. The highest BCUT2D eigenvalue weighted by Gasteiger charge is 2.22. The van der Waals surface area contributed by atoms with Gasteiger partial charge in [0.1, 0.15) is 0 Å². The summed E-state index contributed by atoms with van der Waals surface area (Å²) in [6.45, 7) is 4.21. The minimum atomic E-state index is -0.526. The number of methoxy groups -OCH3 is 1. The minimum absolute atomic E-state index is 0.222. The highest BCUT2D eigenvalue weighted by Crippen LogP contribution is 2.12. The van der Waals surface area contributed by atoms with Gasteiger partial charge in [-0.2, -0.15) is 0 Å². The van der Waals surface area contributed by atoms with Gasteiger partial charge in [-0.05, 0) is 25.3 Å². The lowest BCUT2D eigenvalue weighted by atomic mass is 9.98. The molecule has 122 valence electrons. The molecule has 22 heavy (non-hydrogen) atoms. The number of carbonyl (C=O) groups excluding carboxylic acids is 2. The Balaban J connectivity index is 2.65. The quantitative estimate of drug-likeness (QED) is 0.714. The lowest BCUT2D eigenvalue weighted by molar-refractivity contribution is -0.145. The van der Waals surface area contributed by atoms with Crippen LogP contribution in [0.2, 0.25) is 0 Å². The van der Waals surface area contributed by atoms with Gasteiger partial charge in [0.05, 0.1) is 19.1 Å². The molecule has 0 saturated carbocycles. The minimum Gasteiger partial charge on any atom is -0.469 e. The van der Waals surface area contributed by atoms with Gasteiger partial charge in [-0.3, -0.25) is 9.59 Å². The van der Waals surface area contributed by atoms with Gasteiger partial charge in [0, 0.05) is 6.54 Å². The molecule has 1 amide bonds. The van der Waals surface area contributed by atoms with E-state index in [4.69, 9.17) is 10.5 Å². The number of carbonyl (C=O) groups is 2. The second-order valence-electron chi connectivity index (χ2n) is 5.55. The maximum atomic E-state index is 11.9. The van der Waals surface area contributed by atoms with Crippen LogP contribution >= 0.6 is 0 Å². The summed E-state index contributed by atoms with van der Waals surface area (Å²) in [7, 11) is 1.36. The van der Waals surface area contributed by atoms with Crippen molar-refractivity contribution in [2.24, 2.45) is 11.7 Å². The topological polar surface area (TPSA) is 81.4 Å². The zero-order valence-corrected chi connectivity index (χ0v) is 13.6. The first-order valence-corrected chi connectivity index (χ1v) is 7.64. The van der Waals surface area contributed by atoms with Crippen LogP contribution in [0.25, 0.3) is 0 Å². The summed E-state index contributed by atoms with van der Waals surface area (Å²) in [6, 6.07) is 7.42. The maximum Gasteiger partial charge on any atom is 0.310 e. The lowest BCUT2D eigenvalue weighted by Gasteiger charge is -2.17. The number of nitrogens with one attached hydrogen (secondary N) is 1. The molecule has 5 heteroatoms. The van der Waals surface area contributed by atoms with Crippen molar-refractivity contribution in [1.82, 2.24) is 5.32 Å². The molecule has 1 aromatic carbocycles. The number of benzene rings is 1. The van der Waals surface area contributed by atoms with Crippen LogP contribution in [0, 0.1) is 12.8 Å². The van der Waals surface area contributed by atoms with Crippen LogP contribution in [0.3, 0.4) is 0 Å². The van der Waals surface area contributed by atoms with Gasteiger partial charge in [-0.15, -0.1) is 0 Å². The first kappa shape index (κ1) is 18.2. The Kier molecular flexibility index (Phi) is 7.60. The van der Waals surface area contributed by atoms with E-state index in [0.717, 1.165) is 17.5 Å². The van der Waals surface area contributed by atoms with Crippen molar-refractivity contribution in [3.8, 4) is 0 Å². The van der Waals surface area contributed by atoms with E-state index in [-0.39, 0.29) is 18.4 Å². The van der Waals surface area contributed by atoms with Crippen molar-refractivity contribution >= 4 is 11.9 Å². The predicted octanol–water partition coefficient (Wildman–Crippen LogP) is 1.57. The number of hydrogen-bond acceptors (Lipinski definition) is 4. The summed E-state index contributed by atoms with van der Waals surface area (Å²) in [5, 5.41) is 2.75.